The van der Waals surface area contributed by atoms with Crippen LogP contribution < -0.4 is 0 Å². The second kappa shape index (κ2) is 8.79. The van der Waals surface area contributed by atoms with Crippen LogP contribution in [-0.2, 0) is 30.4 Å². The van der Waals surface area contributed by atoms with Crippen LogP contribution in [0.2, 0.25) is 0 Å². The Labute approximate surface area is 158 Å². The van der Waals surface area contributed by atoms with Crippen LogP contribution in [0.15, 0.2) is 60.7 Å². The Kier molecular flexibility index (Phi) is 6.21. The Morgan fingerprint density at radius 2 is 1.67 bits per heavy atom. The Bertz CT molecular complexity index is 765. The van der Waals surface area contributed by atoms with Crippen LogP contribution in [0.4, 0.5) is 0 Å². The Balaban J connectivity index is 1.93. The van der Waals surface area contributed by atoms with Crippen molar-refractivity contribution < 1.29 is 23.9 Å². The smallest absolute Gasteiger partial charge is 0.303 e. The first-order valence-electron chi connectivity index (χ1n) is 8.87. The second-order valence-corrected chi connectivity index (χ2v) is 6.44. The average Bonchev–Trinajstić information content (AvgIpc) is 3.02. The Morgan fingerprint density at radius 3 is 2.26 bits per heavy atom. The maximum absolute atomic E-state index is 11.8. The third kappa shape index (κ3) is 4.93. The molecule has 6 nitrogen and oxygen atoms in total. The normalized spacial score (nSPS) is 20.8. The molecule has 3 atom stereocenters. The summed E-state index contributed by atoms with van der Waals surface area (Å²) in [6.45, 7) is 3.42. The van der Waals surface area contributed by atoms with E-state index in [2.05, 4.69) is 0 Å². The highest BCUT2D eigenvalue weighted by atomic mass is 16.7. The van der Waals surface area contributed by atoms with E-state index in [1.807, 2.05) is 60.7 Å². The SMILES string of the molecule is CC(=O)O[C@H](c1ccccc1)[C@@H]1[C@H](OC(C)=O)CON1Cc1ccccc1. The minimum absolute atomic E-state index is 0.210. The van der Waals surface area contributed by atoms with E-state index in [0.717, 1.165) is 11.1 Å². The molecule has 1 aliphatic heterocycles. The average molecular weight is 369 g/mol. The van der Waals surface area contributed by atoms with Crippen LogP contribution in [0, 0.1) is 0 Å². The van der Waals surface area contributed by atoms with Gasteiger partial charge in [-0.1, -0.05) is 60.7 Å². The molecule has 0 unspecified atom stereocenters. The number of hydrogen-bond donors (Lipinski definition) is 0. The van der Waals surface area contributed by atoms with Gasteiger partial charge in [-0.2, -0.15) is 5.06 Å². The first-order valence-corrected chi connectivity index (χ1v) is 8.87. The van der Waals surface area contributed by atoms with E-state index in [0.29, 0.717) is 6.54 Å². The first kappa shape index (κ1) is 19.1. The summed E-state index contributed by atoms with van der Waals surface area (Å²) >= 11 is 0. The second-order valence-electron chi connectivity index (χ2n) is 6.44. The van der Waals surface area contributed by atoms with Gasteiger partial charge in [-0.25, -0.2) is 0 Å². The maximum Gasteiger partial charge on any atom is 0.303 e. The van der Waals surface area contributed by atoms with Crippen molar-refractivity contribution in [2.45, 2.75) is 38.6 Å². The number of hydrogen-bond acceptors (Lipinski definition) is 6. The molecule has 6 heteroatoms. The summed E-state index contributed by atoms with van der Waals surface area (Å²) in [6.07, 6.45) is -1.17. The standard InChI is InChI=1S/C21H23NO5/c1-15(23)26-19-14-25-22(13-17-9-5-3-6-10-17)20(19)21(27-16(2)24)18-11-7-4-8-12-18/h3-12,19-21H,13-14H2,1-2H3/t19-,20+,21-/m1/s1. The third-order valence-electron chi connectivity index (χ3n) is 4.35. The highest BCUT2D eigenvalue weighted by Gasteiger charge is 2.45. The molecule has 0 N–H and O–H groups in total. The van der Waals surface area contributed by atoms with Crippen molar-refractivity contribution in [2.24, 2.45) is 0 Å². The number of carbonyl (C=O) groups is 2. The van der Waals surface area contributed by atoms with Crippen molar-refractivity contribution in [1.29, 1.82) is 0 Å². The zero-order valence-electron chi connectivity index (χ0n) is 15.4. The monoisotopic (exact) mass is 369 g/mol. The van der Waals surface area contributed by atoms with Crippen LogP contribution in [0.5, 0.6) is 0 Å². The number of esters is 2. The molecule has 0 saturated carbocycles. The van der Waals surface area contributed by atoms with Crippen LogP contribution in [0.3, 0.4) is 0 Å². The summed E-state index contributed by atoms with van der Waals surface area (Å²) in [5.74, 6) is -0.804. The van der Waals surface area contributed by atoms with E-state index in [-0.39, 0.29) is 6.61 Å². The number of carbonyl (C=O) groups excluding carboxylic acids is 2. The number of rotatable bonds is 6. The van der Waals surface area contributed by atoms with E-state index < -0.39 is 30.2 Å². The third-order valence-corrected chi connectivity index (χ3v) is 4.35. The highest BCUT2D eigenvalue weighted by molar-refractivity contribution is 5.67. The largest absolute Gasteiger partial charge is 0.458 e. The molecule has 142 valence electrons. The van der Waals surface area contributed by atoms with Crippen LogP contribution >= 0.6 is 0 Å². The van der Waals surface area contributed by atoms with Crippen molar-refractivity contribution in [3.63, 3.8) is 0 Å². The lowest BCUT2D eigenvalue weighted by Gasteiger charge is -2.32. The summed E-state index contributed by atoms with van der Waals surface area (Å²) in [4.78, 5) is 29.2. The van der Waals surface area contributed by atoms with Crippen LogP contribution in [0.25, 0.3) is 0 Å². The molecule has 0 aliphatic carbocycles. The molecule has 0 amide bonds. The predicted octanol–water partition coefficient (Wildman–Crippen LogP) is 3.04. The molecule has 1 saturated heterocycles. The number of ether oxygens (including phenoxy) is 2. The first-order chi connectivity index (χ1) is 13.0. The molecular formula is C21H23NO5. The molecule has 0 radical (unpaired) electrons. The molecule has 0 aromatic heterocycles. The van der Waals surface area contributed by atoms with Crippen molar-refractivity contribution in [2.75, 3.05) is 6.61 Å². The summed E-state index contributed by atoms with van der Waals surface area (Å²) in [5.41, 5.74) is 1.86. The quantitative estimate of drug-likeness (QED) is 0.729. The van der Waals surface area contributed by atoms with E-state index in [4.69, 9.17) is 14.3 Å². The predicted molar refractivity (Wildman–Crippen MR) is 98.2 cm³/mol. The van der Waals surface area contributed by atoms with Gasteiger partial charge in [0, 0.05) is 20.4 Å². The topological polar surface area (TPSA) is 65.1 Å². The van der Waals surface area contributed by atoms with E-state index in [1.54, 1.807) is 5.06 Å². The van der Waals surface area contributed by atoms with Gasteiger partial charge in [0.15, 0.2) is 0 Å². The minimum Gasteiger partial charge on any atom is -0.458 e. The molecule has 0 spiro atoms. The van der Waals surface area contributed by atoms with Crippen molar-refractivity contribution in [1.82, 2.24) is 5.06 Å². The van der Waals surface area contributed by atoms with Gasteiger partial charge in [0.1, 0.15) is 24.9 Å². The van der Waals surface area contributed by atoms with Gasteiger partial charge in [0.2, 0.25) is 0 Å². The number of hydroxylamine groups is 2. The fraction of sp³-hybridized carbons (Fsp3) is 0.333. The van der Waals surface area contributed by atoms with Crippen LogP contribution in [0.1, 0.15) is 31.1 Å². The van der Waals surface area contributed by atoms with Gasteiger partial charge in [0.05, 0.1) is 0 Å². The van der Waals surface area contributed by atoms with Crippen molar-refractivity contribution in [3.8, 4) is 0 Å². The molecule has 0 bridgehead atoms. The highest BCUT2D eigenvalue weighted by Crippen LogP contribution is 2.34. The van der Waals surface area contributed by atoms with Gasteiger partial charge < -0.3 is 9.47 Å². The van der Waals surface area contributed by atoms with E-state index in [1.165, 1.54) is 13.8 Å². The van der Waals surface area contributed by atoms with Gasteiger partial charge in [-0.3, -0.25) is 14.4 Å². The molecule has 27 heavy (non-hydrogen) atoms. The molecular weight excluding hydrogens is 346 g/mol. The van der Waals surface area contributed by atoms with E-state index in [9.17, 15) is 9.59 Å². The van der Waals surface area contributed by atoms with Gasteiger partial charge in [-0.15, -0.1) is 0 Å². The fourth-order valence-corrected chi connectivity index (χ4v) is 3.27. The zero-order valence-corrected chi connectivity index (χ0v) is 15.4. The van der Waals surface area contributed by atoms with Gasteiger partial charge >= 0.3 is 11.9 Å². The lowest BCUT2D eigenvalue weighted by Crippen LogP contribution is -2.43. The molecule has 1 heterocycles. The van der Waals surface area contributed by atoms with Crippen molar-refractivity contribution >= 4 is 11.9 Å². The summed E-state index contributed by atoms with van der Waals surface area (Å²) in [7, 11) is 0. The molecule has 2 aromatic carbocycles. The lowest BCUT2D eigenvalue weighted by atomic mass is 9.97. The van der Waals surface area contributed by atoms with Crippen molar-refractivity contribution in [3.05, 3.63) is 71.8 Å². The summed E-state index contributed by atoms with van der Waals surface area (Å²) in [6, 6.07) is 18.8. The van der Waals surface area contributed by atoms with Gasteiger partial charge in [0.25, 0.3) is 0 Å². The molecule has 2 aromatic rings. The van der Waals surface area contributed by atoms with Crippen LogP contribution in [-0.4, -0.2) is 35.8 Å². The number of benzene rings is 2. The summed E-state index contributed by atoms with van der Waals surface area (Å²) < 4.78 is 11.1. The molecule has 1 fully saturated rings. The molecule has 1 aliphatic rings. The zero-order chi connectivity index (χ0) is 19.2. The fourth-order valence-electron chi connectivity index (χ4n) is 3.27. The van der Waals surface area contributed by atoms with E-state index >= 15 is 0 Å². The molecule has 3 rings (SSSR count). The lowest BCUT2D eigenvalue weighted by molar-refractivity contribution is -0.177. The summed E-state index contributed by atoms with van der Waals surface area (Å²) in [5, 5.41) is 1.74. The number of nitrogens with zero attached hydrogens (tertiary/aromatic N) is 1. The Morgan fingerprint density at radius 1 is 1.04 bits per heavy atom. The van der Waals surface area contributed by atoms with Gasteiger partial charge in [-0.05, 0) is 11.1 Å². The minimum atomic E-state index is -0.626. The maximum atomic E-state index is 11.8. The Hall–Kier alpha value is -2.70.